The predicted molar refractivity (Wildman–Crippen MR) is 89.8 cm³/mol. The third-order valence-corrected chi connectivity index (χ3v) is 3.26. The number of carbonyl (C=O) groups is 1. The molecule has 0 atom stereocenters. The highest BCUT2D eigenvalue weighted by Gasteiger charge is 2.11. The van der Waals surface area contributed by atoms with Crippen LogP contribution in [-0.2, 0) is 14.3 Å². The van der Waals surface area contributed by atoms with Gasteiger partial charge in [0.15, 0.2) is 0 Å². The Kier molecular flexibility index (Phi) is 10.0. The molecule has 0 heterocycles. The summed E-state index contributed by atoms with van der Waals surface area (Å²) < 4.78 is 16.2. The van der Waals surface area contributed by atoms with E-state index < -0.39 is 0 Å². The summed E-state index contributed by atoms with van der Waals surface area (Å²) in [5.74, 6) is 0.919. The molecule has 23 heavy (non-hydrogen) atoms. The fourth-order valence-electron chi connectivity index (χ4n) is 1.85. The minimum Gasteiger partial charge on any atom is -0.491 e. The van der Waals surface area contributed by atoms with Gasteiger partial charge in [-0.25, -0.2) is 0 Å². The molecule has 0 fully saturated rings. The van der Waals surface area contributed by atoms with Gasteiger partial charge in [-0.15, -0.1) is 0 Å². The lowest BCUT2D eigenvalue weighted by atomic mass is 10.3. The summed E-state index contributed by atoms with van der Waals surface area (Å²) in [5, 5.41) is 0. The van der Waals surface area contributed by atoms with Crippen LogP contribution in [0.4, 0.5) is 0 Å². The van der Waals surface area contributed by atoms with E-state index in [0.717, 1.165) is 5.75 Å². The normalized spacial score (nSPS) is 10.8. The maximum Gasteiger partial charge on any atom is 0.236 e. The third-order valence-electron chi connectivity index (χ3n) is 3.26. The molecule has 0 aliphatic rings. The average molecular weight is 324 g/mol. The molecule has 0 aliphatic heterocycles. The van der Waals surface area contributed by atoms with E-state index in [9.17, 15) is 4.79 Å². The molecular formula is C17H28N2O4. The molecule has 1 aromatic carbocycles. The fraction of sp³-hybridized carbons (Fsp3) is 0.588. The van der Waals surface area contributed by atoms with Crippen molar-refractivity contribution in [3.8, 4) is 5.75 Å². The molecule has 130 valence electrons. The van der Waals surface area contributed by atoms with Crippen molar-refractivity contribution >= 4 is 5.91 Å². The molecule has 1 rings (SSSR count). The highest BCUT2D eigenvalue weighted by Crippen LogP contribution is 2.07. The van der Waals surface area contributed by atoms with Crippen molar-refractivity contribution in [3.05, 3.63) is 30.3 Å². The number of benzene rings is 1. The van der Waals surface area contributed by atoms with Gasteiger partial charge in [-0.2, -0.15) is 0 Å². The number of likely N-dealkylation sites (N-methyl/N-ethyl adjacent to an activating group) is 1. The number of nitrogens with zero attached hydrogens (tertiary/aromatic N) is 2. The summed E-state index contributed by atoms with van der Waals surface area (Å²) in [5.41, 5.74) is 0. The fourth-order valence-corrected chi connectivity index (χ4v) is 1.85. The number of amides is 1. The van der Waals surface area contributed by atoms with Crippen LogP contribution in [0.25, 0.3) is 0 Å². The molecule has 0 aliphatic carbocycles. The molecule has 0 bridgehead atoms. The first-order valence-electron chi connectivity index (χ1n) is 7.80. The molecule has 1 amide bonds. The van der Waals surface area contributed by atoms with Crippen molar-refractivity contribution in [3.63, 3.8) is 0 Å². The van der Waals surface area contributed by atoms with Gasteiger partial charge in [-0.3, -0.25) is 9.69 Å². The van der Waals surface area contributed by atoms with E-state index in [-0.39, 0.29) is 5.91 Å². The Morgan fingerprint density at radius 3 is 2.35 bits per heavy atom. The van der Waals surface area contributed by atoms with E-state index in [1.54, 1.807) is 26.1 Å². The number of rotatable bonds is 12. The zero-order valence-electron chi connectivity index (χ0n) is 14.4. The van der Waals surface area contributed by atoms with Gasteiger partial charge in [-0.1, -0.05) is 18.2 Å². The highest BCUT2D eigenvalue weighted by molar-refractivity contribution is 5.77. The first-order chi connectivity index (χ1) is 11.1. The van der Waals surface area contributed by atoms with Gasteiger partial charge in [0.1, 0.15) is 12.4 Å². The van der Waals surface area contributed by atoms with Crippen molar-refractivity contribution in [1.29, 1.82) is 0 Å². The van der Waals surface area contributed by atoms with Crippen molar-refractivity contribution in [2.75, 3.05) is 67.3 Å². The summed E-state index contributed by atoms with van der Waals surface area (Å²) in [4.78, 5) is 15.4. The van der Waals surface area contributed by atoms with Gasteiger partial charge < -0.3 is 19.1 Å². The number of ether oxygens (including phenoxy) is 3. The molecule has 0 radical (unpaired) electrons. The Balaban J connectivity index is 2.17. The second-order valence-corrected chi connectivity index (χ2v) is 5.33. The zero-order valence-corrected chi connectivity index (χ0v) is 14.4. The van der Waals surface area contributed by atoms with Crippen molar-refractivity contribution < 1.29 is 19.0 Å². The van der Waals surface area contributed by atoms with Crippen LogP contribution < -0.4 is 4.74 Å². The molecule has 0 saturated heterocycles. The standard InChI is InChI=1S/C17H28N2O4/c1-18(2)17(20)15-19(9-11-21-3)10-12-22-13-14-23-16-7-5-4-6-8-16/h4-8H,9-15H2,1-3H3. The Hall–Kier alpha value is -1.63. The second kappa shape index (κ2) is 11.9. The quantitative estimate of drug-likeness (QED) is 0.539. The number of para-hydroxylation sites is 1. The lowest BCUT2D eigenvalue weighted by molar-refractivity contribution is -0.130. The molecule has 6 nitrogen and oxygen atoms in total. The molecular weight excluding hydrogens is 296 g/mol. The Bertz CT molecular complexity index is 426. The zero-order chi connectivity index (χ0) is 16.9. The first-order valence-corrected chi connectivity index (χ1v) is 7.80. The van der Waals surface area contributed by atoms with E-state index in [0.29, 0.717) is 46.1 Å². The van der Waals surface area contributed by atoms with Gasteiger partial charge in [0.2, 0.25) is 5.91 Å². The summed E-state index contributed by atoms with van der Waals surface area (Å²) in [7, 11) is 5.17. The Labute approximate surface area is 138 Å². The summed E-state index contributed by atoms with van der Waals surface area (Å²) in [6.45, 7) is 3.96. The van der Waals surface area contributed by atoms with Gasteiger partial charge >= 0.3 is 0 Å². The van der Waals surface area contributed by atoms with E-state index in [2.05, 4.69) is 0 Å². The number of hydrogen-bond donors (Lipinski definition) is 0. The van der Waals surface area contributed by atoms with E-state index in [1.165, 1.54) is 0 Å². The van der Waals surface area contributed by atoms with Crippen molar-refractivity contribution in [1.82, 2.24) is 9.80 Å². The van der Waals surface area contributed by atoms with Crippen LogP contribution in [0.15, 0.2) is 30.3 Å². The lowest BCUT2D eigenvalue weighted by Gasteiger charge is -2.23. The van der Waals surface area contributed by atoms with Crippen LogP contribution >= 0.6 is 0 Å². The SMILES string of the molecule is COCCN(CCOCCOc1ccccc1)CC(=O)N(C)C. The third kappa shape index (κ3) is 9.18. The second-order valence-electron chi connectivity index (χ2n) is 5.33. The van der Waals surface area contributed by atoms with Crippen LogP contribution in [0, 0.1) is 0 Å². The van der Waals surface area contributed by atoms with Crippen LogP contribution in [0.1, 0.15) is 0 Å². The predicted octanol–water partition coefficient (Wildman–Crippen LogP) is 1.12. The van der Waals surface area contributed by atoms with E-state index in [1.807, 2.05) is 35.2 Å². The maximum atomic E-state index is 11.8. The maximum absolute atomic E-state index is 11.8. The van der Waals surface area contributed by atoms with Gasteiger partial charge in [0.05, 0.1) is 26.4 Å². The van der Waals surface area contributed by atoms with Crippen LogP contribution in [0.2, 0.25) is 0 Å². The lowest BCUT2D eigenvalue weighted by Crippen LogP contribution is -2.40. The highest BCUT2D eigenvalue weighted by atomic mass is 16.5. The molecule has 0 unspecified atom stereocenters. The minimum atomic E-state index is 0.0773. The monoisotopic (exact) mass is 324 g/mol. The number of methoxy groups -OCH3 is 1. The molecule has 1 aromatic rings. The average Bonchev–Trinajstić information content (AvgIpc) is 2.56. The Morgan fingerprint density at radius 1 is 1.00 bits per heavy atom. The number of carbonyl (C=O) groups excluding carboxylic acids is 1. The van der Waals surface area contributed by atoms with Gasteiger partial charge in [-0.05, 0) is 12.1 Å². The summed E-state index contributed by atoms with van der Waals surface area (Å²) in [6, 6.07) is 9.66. The number of hydrogen-bond acceptors (Lipinski definition) is 5. The molecule has 6 heteroatoms. The van der Waals surface area contributed by atoms with E-state index in [4.69, 9.17) is 14.2 Å². The first kappa shape index (κ1) is 19.4. The molecule has 0 spiro atoms. The summed E-state index contributed by atoms with van der Waals surface area (Å²) in [6.07, 6.45) is 0. The van der Waals surface area contributed by atoms with Crippen LogP contribution in [-0.4, -0.2) is 83.0 Å². The van der Waals surface area contributed by atoms with Crippen molar-refractivity contribution in [2.45, 2.75) is 0 Å². The molecule has 0 saturated carbocycles. The van der Waals surface area contributed by atoms with Crippen molar-refractivity contribution in [2.24, 2.45) is 0 Å². The van der Waals surface area contributed by atoms with Crippen LogP contribution in [0.3, 0.4) is 0 Å². The molecule has 0 N–H and O–H groups in total. The molecule has 0 aromatic heterocycles. The smallest absolute Gasteiger partial charge is 0.236 e. The largest absolute Gasteiger partial charge is 0.491 e. The topological polar surface area (TPSA) is 51.2 Å². The minimum absolute atomic E-state index is 0.0773. The summed E-state index contributed by atoms with van der Waals surface area (Å²) >= 11 is 0. The Morgan fingerprint density at radius 2 is 1.70 bits per heavy atom. The van der Waals surface area contributed by atoms with Gasteiger partial charge in [0, 0.05) is 34.3 Å². The van der Waals surface area contributed by atoms with Gasteiger partial charge in [0.25, 0.3) is 0 Å². The van der Waals surface area contributed by atoms with E-state index >= 15 is 0 Å². The van der Waals surface area contributed by atoms with Crippen LogP contribution in [0.5, 0.6) is 5.75 Å².